The monoisotopic (exact) mass is 199 g/mol. The molecule has 0 aromatic heterocycles. The summed E-state index contributed by atoms with van der Waals surface area (Å²) < 4.78 is 0. The van der Waals surface area contributed by atoms with Crippen LogP contribution in [0.1, 0.15) is 46.0 Å². The lowest BCUT2D eigenvalue weighted by atomic mass is 10.1. The van der Waals surface area contributed by atoms with Gasteiger partial charge in [0.25, 0.3) is 0 Å². The number of aliphatic carboxylic acids is 1. The molecule has 14 heavy (non-hydrogen) atoms. The van der Waals surface area contributed by atoms with E-state index in [4.69, 9.17) is 5.11 Å². The molecule has 0 aliphatic heterocycles. The zero-order chi connectivity index (χ0) is 10.6. The molecule has 82 valence electrons. The van der Waals surface area contributed by atoms with Crippen molar-refractivity contribution in [2.75, 3.05) is 0 Å². The van der Waals surface area contributed by atoms with E-state index in [9.17, 15) is 4.79 Å². The van der Waals surface area contributed by atoms with Crippen LogP contribution in [0.4, 0.5) is 0 Å². The second-order valence-corrected chi connectivity index (χ2v) is 4.43. The second-order valence-electron chi connectivity index (χ2n) is 4.43. The van der Waals surface area contributed by atoms with Gasteiger partial charge in [0.05, 0.1) is 0 Å². The van der Waals surface area contributed by atoms with Gasteiger partial charge in [-0.1, -0.05) is 26.2 Å². The van der Waals surface area contributed by atoms with Crippen molar-refractivity contribution >= 4 is 5.97 Å². The standard InChI is InChI=1S/C11H21NO2/c1-3-4-10(11(13)14)12-8(2)7-9-5-6-9/h8-10,12H,3-7H2,1-2H3,(H,13,14). The van der Waals surface area contributed by atoms with Crippen LogP contribution in [0.3, 0.4) is 0 Å². The van der Waals surface area contributed by atoms with Crippen molar-refractivity contribution in [3.8, 4) is 0 Å². The Bertz CT molecular complexity index is 190. The number of nitrogens with one attached hydrogen (secondary N) is 1. The fourth-order valence-electron chi connectivity index (χ4n) is 1.83. The Kier molecular flexibility index (Phi) is 4.39. The molecule has 1 rings (SSSR count). The van der Waals surface area contributed by atoms with Gasteiger partial charge < -0.3 is 10.4 Å². The van der Waals surface area contributed by atoms with Crippen molar-refractivity contribution in [2.24, 2.45) is 5.92 Å². The van der Waals surface area contributed by atoms with Crippen LogP contribution < -0.4 is 5.32 Å². The Balaban J connectivity index is 2.25. The maximum atomic E-state index is 10.9. The molecule has 0 heterocycles. The summed E-state index contributed by atoms with van der Waals surface area (Å²) in [4.78, 5) is 10.9. The number of carboxylic acids is 1. The third-order valence-corrected chi connectivity index (χ3v) is 2.74. The third-order valence-electron chi connectivity index (χ3n) is 2.74. The average molecular weight is 199 g/mol. The lowest BCUT2D eigenvalue weighted by Crippen LogP contribution is -2.42. The van der Waals surface area contributed by atoms with Crippen molar-refractivity contribution in [3.05, 3.63) is 0 Å². The molecular formula is C11H21NO2. The highest BCUT2D eigenvalue weighted by Gasteiger charge is 2.25. The van der Waals surface area contributed by atoms with Gasteiger partial charge >= 0.3 is 5.97 Å². The summed E-state index contributed by atoms with van der Waals surface area (Å²) in [5.41, 5.74) is 0. The minimum Gasteiger partial charge on any atom is -0.480 e. The van der Waals surface area contributed by atoms with Crippen molar-refractivity contribution in [1.82, 2.24) is 5.32 Å². The summed E-state index contributed by atoms with van der Waals surface area (Å²) in [7, 11) is 0. The first kappa shape index (κ1) is 11.5. The van der Waals surface area contributed by atoms with Crippen LogP contribution in [0, 0.1) is 5.92 Å². The van der Waals surface area contributed by atoms with E-state index in [-0.39, 0.29) is 6.04 Å². The van der Waals surface area contributed by atoms with Gasteiger partial charge in [0, 0.05) is 6.04 Å². The van der Waals surface area contributed by atoms with Crippen LogP contribution >= 0.6 is 0 Å². The van der Waals surface area contributed by atoms with Crippen LogP contribution in [0.5, 0.6) is 0 Å². The molecule has 1 aliphatic rings. The zero-order valence-electron chi connectivity index (χ0n) is 9.12. The highest BCUT2D eigenvalue weighted by molar-refractivity contribution is 5.73. The molecule has 0 aromatic carbocycles. The summed E-state index contributed by atoms with van der Waals surface area (Å²) in [5, 5.41) is 12.1. The molecule has 2 unspecified atom stereocenters. The number of rotatable bonds is 7. The molecular weight excluding hydrogens is 178 g/mol. The number of carboxylic acid groups (broad SMARTS) is 1. The van der Waals surface area contributed by atoms with Gasteiger partial charge in [-0.2, -0.15) is 0 Å². The SMILES string of the molecule is CCCC(NC(C)CC1CC1)C(=O)O. The molecule has 0 bridgehead atoms. The molecule has 3 heteroatoms. The smallest absolute Gasteiger partial charge is 0.320 e. The van der Waals surface area contributed by atoms with Gasteiger partial charge in [0.1, 0.15) is 6.04 Å². The van der Waals surface area contributed by atoms with Crippen molar-refractivity contribution in [2.45, 2.75) is 58.0 Å². The first-order chi connectivity index (χ1) is 6.63. The topological polar surface area (TPSA) is 49.3 Å². The van der Waals surface area contributed by atoms with Gasteiger partial charge in [-0.05, 0) is 25.7 Å². The van der Waals surface area contributed by atoms with E-state index in [2.05, 4.69) is 12.2 Å². The van der Waals surface area contributed by atoms with Crippen LogP contribution in [-0.4, -0.2) is 23.2 Å². The van der Waals surface area contributed by atoms with E-state index in [0.29, 0.717) is 6.04 Å². The molecule has 3 nitrogen and oxygen atoms in total. The maximum Gasteiger partial charge on any atom is 0.320 e. The quantitative estimate of drug-likeness (QED) is 0.659. The van der Waals surface area contributed by atoms with Gasteiger partial charge in [0.15, 0.2) is 0 Å². The maximum absolute atomic E-state index is 10.9. The normalized spacial score (nSPS) is 20.4. The van der Waals surface area contributed by atoms with Crippen LogP contribution in [0.15, 0.2) is 0 Å². The van der Waals surface area contributed by atoms with Gasteiger partial charge in [-0.15, -0.1) is 0 Å². The Morgan fingerprint density at radius 3 is 2.64 bits per heavy atom. The van der Waals surface area contributed by atoms with E-state index in [1.54, 1.807) is 0 Å². The van der Waals surface area contributed by atoms with Gasteiger partial charge in [0.2, 0.25) is 0 Å². The van der Waals surface area contributed by atoms with Crippen LogP contribution in [-0.2, 0) is 4.79 Å². The number of carbonyl (C=O) groups is 1. The average Bonchev–Trinajstić information content (AvgIpc) is 2.87. The van der Waals surface area contributed by atoms with Gasteiger partial charge in [-0.3, -0.25) is 4.79 Å². The molecule has 0 aromatic rings. The first-order valence-electron chi connectivity index (χ1n) is 5.62. The molecule has 2 N–H and O–H groups in total. The lowest BCUT2D eigenvalue weighted by molar-refractivity contribution is -0.139. The van der Waals surface area contributed by atoms with E-state index >= 15 is 0 Å². The Morgan fingerprint density at radius 2 is 2.21 bits per heavy atom. The second kappa shape index (κ2) is 5.35. The fraction of sp³-hybridized carbons (Fsp3) is 0.909. The summed E-state index contributed by atoms with van der Waals surface area (Å²) in [6, 6.07) is -0.0103. The number of hydrogen-bond donors (Lipinski definition) is 2. The minimum absolute atomic E-state index is 0.343. The Morgan fingerprint density at radius 1 is 1.57 bits per heavy atom. The summed E-state index contributed by atoms with van der Waals surface area (Å²) in [5.74, 6) is 0.142. The highest BCUT2D eigenvalue weighted by Crippen LogP contribution is 2.33. The minimum atomic E-state index is -0.713. The first-order valence-corrected chi connectivity index (χ1v) is 5.62. The van der Waals surface area contributed by atoms with Gasteiger partial charge in [-0.25, -0.2) is 0 Å². The van der Waals surface area contributed by atoms with Crippen LogP contribution in [0.2, 0.25) is 0 Å². The Labute approximate surface area is 85.9 Å². The summed E-state index contributed by atoms with van der Waals surface area (Å²) in [6.07, 6.45) is 5.44. The van der Waals surface area contributed by atoms with Crippen LogP contribution in [0.25, 0.3) is 0 Å². The number of hydrogen-bond acceptors (Lipinski definition) is 2. The highest BCUT2D eigenvalue weighted by atomic mass is 16.4. The molecule has 0 radical (unpaired) electrons. The molecule has 1 fully saturated rings. The molecule has 2 atom stereocenters. The zero-order valence-corrected chi connectivity index (χ0v) is 9.12. The fourth-order valence-corrected chi connectivity index (χ4v) is 1.83. The van der Waals surface area contributed by atoms with Crippen molar-refractivity contribution < 1.29 is 9.90 Å². The van der Waals surface area contributed by atoms with E-state index in [0.717, 1.165) is 25.2 Å². The van der Waals surface area contributed by atoms with Crippen molar-refractivity contribution in [1.29, 1.82) is 0 Å². The summed E-state index contributed by atoms with van der Waals surface area (Å²) >= 11 is 0. The van der Waals surface area contributed by atoms with Crippen molar-refractivity contribution in [3.63, 3.8) is 0 Å². The Hall–Kier alpha value is -0.570. The van der Waals surface area contributed by atoms with E-state index < -0.39 is 5.97 Å². The third kappa shape index (κ3) is 4.09. The van der Waals surface area contributed by atoms with E-state index in [1.165, 1.54) is 12.8 Å². The summed E-state index contributed by atoms with van der Waals surface area (Å²) in [6.45, 7) is 4.10. The lowest BCUT2D eigenvalue weighted by Gasteiger charge is -2.19. The largest absolute Gasteiger partial charge is 0.480 e. The molecule has 0 spiro atoms. The predicted molar refractivity (Wildman–Crippen MR) is 56.3 cm³/mol. The molecule has 0 saturated heterocycles. The molecule has 1 aliphatic carbocycles. The predicted octanol–water partition coefficient (Wildman–Crippen LogP) is 2.02. The molecule has 0 amide bonds. The molecule has 1 saturated carbocycles. The van der Waals surface area contributed by atoms with E-state index in [1.807, 2.05) is 6.92 Å².